The fraction of sp³-hybridized carbons (Fsp3) is 0.714. The predicted octanol–water partition coefficient (Wildman–Crippen LogP) is 9.56. The number of amidine groups is 2. The van der Waals surface area contributed by atoms with Gasteiger partial charge in [-0.15, -0.1) is 6.58 Å². The summed E-state index contributed by atoms with van der Waals surface area (Å²) in [6.45, 7) is 34.2. The lowest BCUT2D eigenvalue weighted by atomic mass is 9.40. The van der Waals surface area contributed by atoms with Crippen molar-refractivity contribution in [3.8, 4) is 12.1 Å². The molecule has 6 aliphatic rings. The summed E-state index contributed by atoms with van der Waals surface area (Å²) in [6, 6.07) is 7.86. The number of rotatable bonds is 8. The Bertz CT molecular complexity index is 2030. The summed E-state index contributed by atoms with van der Waals surface area (Å²) in [5.41, 5.74) is 9.96. The van der Waals surface area contributed by atoms with Gasteiger partial charge in [-0.1, -0.05) is 89.2 Å². The molecule has 0 aromatic carbocycles. The van der Waals surface area contributed by atoms with Crippen molar-refractivity contribution in [2.45, 2.75) is 161 Å². The summed E-state index contributed by atoms with van der Waals surface area (Å²) in [6.07, 6.45) is 15.4. The molecule has 376 valence electrons. The monoisotopic (exact) mass is 938 g/mol. The average molecular weight is 938 g/mol. The van der Waals surface area contributed by atoms with E-state index in [2.05, 4.69) is 57.2 Å². The summed E-state index contributed by atoms with van der Waals surface area (Å²) < 4.78 is 5.20. The molecule has 2 heterocycles. The molecule has 4 N–H and O–H groups in total. The maximum atomic E-state index is 14.0. The lowest BCUT2D eigenvalue weighted by Gasteiger charge is -2.64. The zero-order chi connectivity index (χ0) is 52.6. The number of nitrogens with two attached hydrogens (primary N) is 1. The first-order valence-corrected chi connectivity index (χ1v) is 25.2. The first kappa shape index (κ1) is 61.8. The minimum atomic E-state index is -0.324. The van der Waals surface area contributed by atoms with Crippen LogP contribution >= 0.6 is 0 Å². The van der Waals surface area contributed by atoms with Gasteiger partial charge in [0.2, 0.25) is 0 Å². The maximum Gasteiger partial charge on any atom is 0.345 e. The fourth-order valence-corrected chi connectivity index (χ4v) is 12.3. The van der Waals surface area contributed by atoms with E-state index in [9.17, 15) is 19.6 Å². The number of allylic oxidation sites excluding steroid dienone is 2. The Hall–Kier alpha value is -4.19. The number of Topliss-reactive ketones (excluding diaryl/α,β-unsaturated/α-hetero) is 1. The third kappa shape index (κ3) is 14.0. The highest BCUT2D eigenvalue weighted by Gasteiger charge is 2.68. The Morgan fingerprint density at radius 1 is 0.985 bits per heavy atom. The lowest BCUT2D eigenvalue weighted by Crippen LogP contribution is -2.62. The van der Waals surface area contributed by atoms with Gasteiger partial charge < -0.3 is 25.5 Å². The van der Waals surface area contributed by atoms with E-state index >= 15 is 0 Å². The number of hydrogen-bond acceptors (Lipinski definition) is 10. The minimum Gasteiger partial charge on any atom is -0.400 e. The number of aliphatic hydroxyl groups excluding tert-OH is 2. The summed E-state index contributed by atoms with van der Waals surface area (Å²) in [5.74, 6) is 6.24. The van der Waals surface area contributed by atoms with Crippen molar-refractivity contribution in [2.24, 2.45) is 74.2 Å². The number of carbonyl (C=O) groups excluding carboxylic acids is 3. The molecule has 8 atom stereocenters. The molecule has 11 nitrogen and oxygen atoms in total. The molecule has 4 fully saturated rings. The summed E-state index contributed by atoms with van der Waals surface area (Å²) >= 11 is 0. The average Bonchev–Trinajstić information content (AvgIpc) is 3.79. The van der Waals surface area contributed by atoms with Gasteiger partial charge in [-0.2, -0.15) is 10.5 Å². The van der Waals surface area contributed by atoms with E-state index in [0.717, 1.165) is 67.6 Å². The van der Waals surface area contributed by atoms with E-state index < -0.39 is 0 Å². The van der Waals surface area contributed by atoms with Gasteiger partial charge >= 0.3 is 11.7 Å². The highest BCUT2D eigenvalue weighted by Crippen LogP contribution is 2.72. The lowest BCUT2D eigenvalue weighted by molar-refractivity contribution is -0.131. The molecule has 0 amide bonds. The topological polar surface area (TPSA) is 195 Å². The van der Waals surface area contributed by atoms with Gasteiger partial charge in [-0.05, 0) is 140 Å². The number of aldehydes is 1. The second kappa shape index (κ2) is 26.7. The van der Waals surface area contributed by atoms with Crippen LogP contribution in [0.25, 0.3) is 0 Å². The first-order valence-electron chi connectivity index (χ1n) is 25.2. The van der Waals surface area contributed by atoms with Crippen LogP contribution in [0.2, 0.25) is 0 Å². The SMILES string of the molecule is CC.CC(C)(C)C=O.CC(C)C#N.CC(C)C1=C2C3CCC4C5(C)CCC(C)C5CCC4(C)C3CCC2(C2=[N+]=C(c3ccc(C#N)cn3)N2CCN)CC1=O.CO.CO.[B]C(=O)CC(C)(C)C=C. The Morgan fingerprint density at radius 2 is 1.53 bits per heavy atom. The first-order chi connectivity index (χ1) is 31.9. The maximum absolute atomic E-state index is 14.0. The number of nitriles is 2. The number of aromatic nitrogens is 1. The van der Waals surface area contributed by atoms with Crippen LogP contribution in [0.3, 0.4) is 0 Å². The summed E-state index contributed by atoms with van der Waals surface area (Å²) in [5, 5.41) is 31.1. The van der Waals surface area contributed by atoms with E-state index in [1.54, 1.807) is 18.3 Å². The second-order valence-corrected chi connectivity index (χ2v) is 22.1. The number of nitrogens with zero attached hydrogens (tertiary/aromatic N) is 5. The van der Waals surface area contributed by atoms with Crippen LogP contribution in [-0.4, -0.2) is 84.7 Å². The quantitative estimate of drug-likeness (QED) is 0.0978. The van der Waals surface area contributed by atoms with E-state index in [-0.39, 0.29) is 33.8 Å². The Labute approximate surface area is 413 Å². The van der Waals surface area contributed by atoms with E-state index in [4.69, 9.17) is 33.7 Å². The molecule has 4 saturated carbocycles. The van der Waals surface area contributed by atoms with Crippen LogP contribution in [0.1, 0.15) is 172 Å². The largest absolute Gasteiger partial charge is 0.400 e. The molecule has 2 radical (unpaired) electrons. The van der Waals surface area contributed by atoms with Crippen molar-refractivity contribution in [1.82, 2.24) is 14.6 Å². The number of fused-ring (bicyclic) bond motifs is 7. The van der Waals surface area contributed by atoms with Crippen molar-refractivity contribution in [2.75, 3.05) is 27.3 Å². The third-order valence-corrected chi connectivity index (χ3v) is 15.2. The van der Waals surface area contributed by atoms with Crippen molar-refractivity contribution >= 4 is 37.3 Å². The Morgan fingerprint density at radius 3 is 1.97 bits per heavy atom. The number of ketones is 1. The summed E-state index contributed by atoms with van der Waals surface area (Å²) in [7, 11) is 6.97. The molecule has 7 rings (SSSR count). The molecule has 0 saturated heterocycles. The van der Waals surface area contributed by atoms with Gasteiger partial charge in [-0.3, -0.25) is 4.79 Å². The zero-order valence-corrected chi connectivity index (χ0v) is 45.1. The molecule has 0 bridgehead atoms. The van der Waals surface area contributed by atoms with Gasteiger partial charge in [0, 0.05) is 51.1 Å². The van der Waals surface area contributed by atoms with Gasteiger partial charge in [0.25, 0.3) is 0 Å². The molecule has 1 aromatic heterocycles. The predicted molar refractivity (Wildman–Crippen MR) is 279 cm³/mol. The van der Waals surface area contributed by atoms with Crippen LogP contribution < -0.4 is 10.4 Å². The van der Waals surface area contributed by atoms with Crippen molar-refractivity contribution in [3.05, 3.63) is 53.4 Å². The third-order valence-electron chi connectivity index (χ3n) is 15.2. The van der Waals surface area contributed by atoms with E-state index in [1.807, 2.05) is 74.4 Å². The highest BCUT2D eigenvalue weighted by atomic mass is 16.2. The van der Waals surface area contributed by atoms with Crippen molar-refractivity contribution in [3.63, 3.8) is 0 Å². The van der Waals surface area contributed by atoms with Crippen LogP contribution in [0, 0.1) is 91.2 Å². The van der Waals surface area contributed by atoms with Crippen molar-refractivity contribution < 1.29 is 24.6 Å². The molecule has 8 unspecified atom stereocenters. The molecule has 0 spiro atoms. The molecule has 5 aliphatic carbocycles. The standard InChI is InChI=1S/C36H48N5O.C7H11BO.C5H10O.C4H7N.C2H6.2CH4O/c1-21(2)30-28(42)18-36(33-40-32(41(33)17-16-37)27-8-6-23(19-38)20-39-27)15-12-26-24(31(30)36)7-9-29-34(4)13-10-22(3)25(34)11-14-35(26,29)5;1-4-7(2,3)5-6(8)9;1-5(2,3)4-6;1-4(2)3-5;3*1-2/h6,8,20-22,24-26,29H,7,9-18,37H2,1-5H3;4H,1,5H2,2-3H3;4H,1-3H3;4H,1-2H3;1-2H3;2*2H,1H3/q+1;;;;;;. The normalized spacial score (nSPS) is 28.2. The minimum absolute atomic E-state index is 0.139. The molecular weight excluding hydrogens is 847 g/mol. The van der Waals surface area contributed by atoms with Crippen LogP contribution in [0.5, 0.6) is 0 Å². The summed E-state index contributed by atoms with van der Waals surface area (Å²) in [4.78, 5) is 41.0. The van der Waals surface area contributed by atoms with Gasteiger partial charge in [0.1, 0.15) is 17.8 Å². The molecular formula is C56H90BN6O5+. The van der Waals surface area contributed by atoms with Gasteiger partial charge in [0.15, 0.2) is 19.3 Å². The number of pyridine rings is 1. The van der Waals surface area contributed by atoms with Crippen LogP contribution in [-0.2, 0) is 14.4 Å². The van der Waals surface area contributed by atoms with E-state index in [0.29, 0.717) is 59.9 Å². The molecule has 12 heteroatoms. The molecule has 68 heavy (non-hydrogen) atoms. The van der Waals surface area contributed by atoms with Gasteiger partial charge in [-0.25, -0.2) is 14.6 Å². The zero-order valence-electron chi connectivity index (χ0n) is 45.1. The highest BCUT2D eigenvalue weighted by molar-refractivity contribution is 6.57. The number of aliphatic hydroxyl groups is 2. The van der Waals surface area contributed by atoms with Crippen LogP contribution in [0.15, 0.2) is 42.1 Å². The Balaban J connectivity index is 0.000000738. The molecule has 1 aliphatic heterocycles. The smallest absolute Gasteiger partial charge is 0.345 e. The Kier molecular flexibility index (Phi) is 24.3. The number of carbonyl (C=O) groups is 3. The number of hydrogen-bond donors (Lipinski definition) is 3. The van der Waals surface area contributed by atoms with Gasteiger partial charge in [0.05, 0.1) is 23.9 Å². The second-order valence-electron chi connectivity index (χ2n) is 22.1. The van der Waals surface area contributed by atoms with E-state index in [1.165, 1.54) is 50.5 Å². The fourth-order valence-electron chi connectivity index (χ4n) is 12.3. The van der Waals surface area contributed by atoms with Crippen molar-refractivity contribution in [1.29, 1.82) is 10.5 Å². The molecule has 1 aromatic rings. The van der Waals surface area contributed by atoms with Crippen LogP contribution in [0.4, 0.5) is 0 Å².